The summed E-state index contributed by atoms with van der Waals surface area (Å²) in [4.78, 5) is 35.0. The number of rotatable bonds is 2. The monoisotopic (exact) mass is 248 g/mol. The first kappa shape index (κ1) is 12.5. The summed E-state index contributed by atoms with van der Waals surface area (Å²) in [6, 6.07) is 0. The van der Waals surface area contributed by atoms with Crippen molar-refractivity contribution in [3.8, 4) is 0 Å². The SMILES string of the molecule is CCC(=O)N1CCN(C(=O)c2cnccn2)CC1. The van der Waals surface area contributed by atoms with E-state index >= 15 is 0 Å². The number of nitrogens with zero attached hydrogens (tertiary/aromatic N) is 4. The van der Waals surface area contributed by atoms with E-state index in [1.165, 1.54) is 18.6 Å². The van der Waals surface area contributed by atoms with Crippen LogP contribution in [0.15, 0.2) is 18.6 Å². The van der Waals surface area contributed by atoms with Crippen molar-refractivity contribution >= 4 is 11.8 Å². The topological polar surface area (TPSA) is 66.4 Å². The van der Waals surface area contributed by atoms with Crippen molar-refractivity contribution in [2.75, 3.05) is 26.2 Å². The first-order valence-corrected chi connectivity index (χ1v) is 6.05. The molecule has 0 spiro atoms. The highest BCUT2D eigenvalue weighted by Gasteiger charge is 2.24. The van der Waals surface area contributed by atoms with Crippen LogP contribution in [0, 0.1) is 0 Å². The Balaban J connectivity index is 1.94. The Bertz CT molecular complexity index is 427. The van der Waals surface area contributed by atoms with Crippen LogP contribution in [-0.4, -0.2) is 57.8 Å². The van der Waals surface area contributed by atoms with Crippen LogP contribution in [0.4, 0.5) is 0 Å². The standard InChI is InChI=1S/C12H16N4O2/c1-2-11(17)15-5-7-16(8-6-15)12(18)10-9-13-3-4-14-10/h3-4,9H,2,5-8H2,1H3. The van der Waals surface area contributed by atoms with Crippen molar-refractivity contribution in [2.45, 2.75) is 13.3 Å². The van der Waals surface area contributed by atoms with Gasteiger partial charge in [-0.05, 0) is 0 Å². The fourth-order valence-electron chi connectivity index (χ4n) is 1.95. The van der Waals surface area contributed by atoms with Gasteiger partial charge in [0.25, 0.3) is 5.91 Å². The Morgan fingerprint density at radius 1 is 1.17 bits per heavy atom. The highest BCUT2D eigenvalue weighted by atomic mass is 16.2. The van der Waals surface area contributed by atoms with E-state index in [-0.39, 0.29) is 11.8 Å². The molecule has 2 amide bonds. The van der Waals surface area contributed by atoms with Gasteiger partial charge in [0.1, 0.15) is 5.69 Å². The molecular weight excluding hydrogens is 232 g/mol. The number of carbonyl (C=O) groups excluding carboxylic acids is 2. The molecule has 0 radical (unpaired) electrons. The van der Waals surface area contributed by atoms with Crippen LogP contribution in [0.25, 0.3) is 0 Å². The summed E-state index contributed by atoms with van der Waals surface area (Å²) in [5.41, 5.74) is 0.354. The van der Waals surface area contributed by atoms with Gasteiger partial charge in [0.2, 0.25) is 5.91 Å². The van der Waals surface area contributed by atoms with Crippen LogP contribution in [0.1, 0.15) is 23.8 Å². The van der Waals surface area contributed by atoms with E-state index in [0.717, 1.165) is 0 Å². The molecule has 18 heavy (non-hydrogen) atoms. The van der Waals surface area contributed by atoms with Crippen molar-refractivity contribution in [3.63, 3.8) is 0 Å². The molecule has 6 nitrogen and oxygen atoms in total. The fraction of sp³-hybridized carbons (Fsp3) is 0.500. The molecule has 1 aromatic rings. The van der Waals surface area contributed by atoms with Crippen LogP contribution in [0.2, 0.25) is 0 Å². The third-order valence-electron chi connectivity index (χ3n) is 3.00. The third-order valence-corrected chi connectivity index (χ3v) is 3.00. The minimum absolute atomic E-state index is 0.119. The number of hydrogen-bond acceptors (Lipinski definition) is 4. The second-order valence-corrected chi connectivity index (χ2v) is 4.12. The van der Waals surface area contributed by atoms with E-state index in [0.29, 0.717) is 38.3 Å². The number of hydrogen-bond donors (Lipinski definition) is 0. The molecule has 6 heteroatoms. The van der Waals surface area contributed by atoms with Gasteiger partial charge in [-0.15, -0.1) is 0 Å². The third kappa shape index (κ3) is 2.64. The first-order valence-electron chi connectivity index (χ1n) is 6.05. The Labute approximate surface area is 106 Å². The normalized spacial score (nSPS) is 15.6. The maximum absolute atomic E-state index is 12.1. The minimum Gasteiger partial charge on any atom is -0.339 e. The summed E-state index contributed by atoms with van der Waals surface area (Å²) >= 11 is 0. The van der Waals surface area contributed by atoms with Crippen molar-refractivity contribution in [2.24, 2.45) is 0 Å². The predicted octanol–water partition coefficient (Wildman–Crippen LogP) is 0.171. The Morgan fingerprint density at radius 3 is 2.39 bits per heavy atom. The van der Waals surface area contributed by atoms with E-state index in [1.807, 2.05) is 6.92 Å². The van der Waals surface area contributed by atoms with E-state index < -0.39 is 0 Å². The molecule has 0 aromatic carbocycles. The zero-order valence-corrected chi connectivity index (χ0v) is 10.4. The van der Waals surface area contributed by atoms with Gasteiger partial charge in [-0.1, -0.05) is 6.92 Å². The number of carbonyl (C=O) groups is 2. The second kappa shape index (κ2) is 5.57. The summed E-state index contributed by atoms with van der Waals surface area (Å²) in [5.74, 6) is 0.0216. The van der Waals surface area contributed by atoms with Gasteiger partial charge < -0.3 is 9.80 Å². The van der Waals surface area contributed by atoms with Gasteiger partial charge in [0.05, 0.1) is 6.20 Å². The lowest BCUT2D eigenvalue weighted by molar-refractivity contribution is -0.132. The molecule has 0 unspecified atom stereocenters. The highest BCUT2D eigenvalue weighted by Crippen LogP contribution is 2.07. The second-order valence-electron chi connectivity index (χ2n) is 4.12. The summed E-state index contributed by atoms with van der Waals surface area (Å²) in [6.07, 6.45) is 5.02. The lowest BCUT2D eigenvalue weighted by Gasteiger charge is -2.34. The van der Waals surface area contributed by atoms with Crippen molar-refractivity contribution < 1.29 is 9.59 Å². The molecule has 1 aliphatic rings. The molecule has 0 bridgehead atoms. The van der Waals surface area contributed by atoms with Gasteiger partial charge in [0, 0.05) is 45.0 Å². The molecule has 96 valence electrons. The van der Waals surface area contributed by atoms with Crippen molar-refractivity contribution in [1.82, 2.24) is 19.8 Å². The zero-order chi connectivity index (χ0) is 13.0. The quantitative estimate of drug-likeness (QED) is 0.748. The lowest BCUT2D eigenvalue weighted by Crippen LogP contribution is -2.50. The summed E-state index contributed by atoms with van der Waals surface area (Å²) < 4.78 is 0. The van der Waals surface area contributed by atoms with Crippen molar-refractivity contribution in [1.29, 1.82) is 0 Å². The molecule has 1 aliphatic heterocycles. The Hall–Kier alpha value is -1.98. The summed E-state index contributed by atoms with van der Waals surface area (Å²) in [5, 5.41) is 0. The van der Waals surface area contributed by atoms with E-state index in [4.69, 9.17) is 0 Å². The van der Waals surface area contributed by atoms with Crippen LogP contribution in [0.3, 0.4) is 0 Å². The lowest BCUT2D eigenvalue weighted by atomic mass is 10.2. The summed E-state index contributed by atoms with van der Waals surface area (Å²) in [6.45, 7) is 4.15. The van der Waals surface area contributed by atoms with Crippen LogP contribution < -0.4 is 0 Å². The van der Waals surface area contributed by atoms with Gasteiger partial charge in [-0.25, -0.2) is 4.98 Å². The predicted molar refractivity (Wildman–Crippen MR) is 64.8 cm³/mol. The molecule has 2 rings (SSSR count). The average Bonchev–Trinajstić information content (AvgIpc) is 2.47. The molecule has 0 atom stereocenters. The molecule has 2 heterocycles. The molecule has 0 saturated carbocycles. The highest BCUT2D eigenvalue weighted by molar-refractivity contribution is 5.92. The van der Waals surface area contributed by atoms with Gasteiger partial charge in [0.15, 0.2) is 0 Å². The molecular formula is C12H16N4O2. The van der Waals surface area contributed by atoms with Gasteiger partial charge in [-0.3, -0.25) is 14.6 Å². The first-order chi connectivity index (χ1) is 8.72. The number of amides is 2. The maximum Gasteiger partial charge on any atom is 0.274 e. The average molecular weight is 248 g/mol. The molecule has 1 fully saturated rings. The van der Waals surface area contributed by atoms with E-state index in [2.05, 4.69) is 9.97 Å². The largest absolute Gasteiger partial charge is 0.339 e. The number of piperazine rings is 1. The minimum atomic E-state index is -0.119. The maximum atomic E-state index is 12.1. The molecule has 0 aliphatic carbocycles. The van der Waals surface area contributed by atoms with Crippen LogP contribution >= 0.6 is 0 Å². The molecule has 1 saturated heterocycles. The van der Waals surface area contributed by atoms with Gasteiger partial charge >= 0.3 is 0 Å². The molecule has 0 N–H and O–H groups in total. The zero-order valence-electron chi connectivity index (χ0n) is 10.4. The number of aromatic nitrogens is 2. The Morgan fingerprint density at radius 2 is 1.83 bits per heavy atom. The fourth-order valence-corrected chi connectivity index (χ4v) is 1.95. The van der Waals surface area contributed by atoms with Crippen molar-refractivity contribution in [3.05, 3.63) is 24.3 Å². The van der Waals surface area contributed by atoms with Crippen LogP contribution in [0.5, 0.6) is 0 Å². The van der Waals surface area contributed by atoms with Gasteiger partial charge in [-0.2, -0.15) is 0 Å². The summed E-state index contributed by atoms with van der Waals surface area (Å²) in [7, 11) is 0. The van der Waals surface area contributed by atoms with E-state index in [9.17, 15) is 9.59 Å². The Kier molecular flexibility index (Phi) is 3.86. The molecule has 1 aromatic heterocycles. The van der Waals surface area contributed by atoms with Crippen LogP contribution in [-0.2, 0) is 4.79 Å². The van der Waals surface area contributed by atoms with E-state index in [1.54, 1.807) is 9.80 Å². The smallest absolute Gasteiger partial charge is 0.274 e.